The molecule has 0 spiro atoms. The number of nitrogens with two attached hydrogens (primary N) is 1. The van der Waals surface area contributed by atoms with Gasteiger partial charge in [0, 0.05) is 22.9 Å². The molecule has 0 atom stereocenters. The van der Waals surface area contributed by atoms with Gasteiger partial charge in [0.25, 0.3) is 5.91 Å². The summed E-state index contributed by atoms with van der Waals surface area (Å²) in [6, 6.07) is 6.78. The average molecular weight is 600 g/mol. The Morgan fingerprint density at radius 2 is 1.88 bits per heavy atom. The van der Waals surface area contributed by atoms with Crippen molar-refractivity contribution in [3.63, 3.8) is 0 Å². The summed E-state index contributed by atoms with van der Waals surface area (Å²) in [4.78, 5) is 56.8. The number of carbonyl (C=O) groups excluding carboxylic acids is 4. The minimum absolute atomic E-state index is 0.0299. The second-order valence-electron chi connectivity index (χ2n) is 10.0. The number of rotatable bonds is 8. The summed E-state index contributed by atoms with van der Waals surface area (Å²) in [6.07, 6.45) is -2.06. The molecule has 4 aromatic rings. The molecule has 3 aromatic heterocycles. The van der Waals surface area contributed by atoms with Gasteiger partial charge in [0.15, 0.2) is 12.0 Å². The minimum Gasteiger partial charge on any atom is -0.444 e. The lowest BCUT2D eigenvalue weighted by Crippen LogP contribution is -2.42. The number of primary amides is 1. The molecule has 0 fully saturated rings. The van der Waals surface area contributed by atoms with Crippen molar-refractivity contribution in [2.45, 2.75) is 32.5 Å². The number of oxazole rings is 1. The number of hydrogen-bond donors (Lipinski definition) is 3. The quantitative estimate of drug-likeness (QED) is 0.243. The first-order valence-electron chi connectivity index (χ1n) is 12.4. The average Bonchev–Trinajstić information content (AvgIpc) is 3.60. The van der Waals surface area contributed by atoms with Crippen LogP contribution in [0.3, 0.4) is 0 Å². The number of benzene rings is 1. The van der Waals surface area contributed by atoms with Gasteiger partial charge in [0.05, 0.1) is 23.1 Å². The van der Waals surface area contributed by atoms with Crippen molar-refractivity contribution in [3.05, 3.63) is 65.8 Å². The molecule has 0 aliphatic carbocycles. The van der Waals surface area contributed by atoms with Crippen LogP contribution >= 0.6 is 0 Å². The zero-order chi connectivity index (χ0) is 31.5. The Morgan fingerprint density at radius 3 is 2.53 bits per heavy atom. The number of pyridine rings is 1. The molecule has 0 radical (unpaired) electrons. The van der Waals surface area contributed by atoms with E-state index in [2.05, 4.69) is 25.5 Å². The van der Waals surface area contributed by atoms with Crippen molar-refractivity contribution in [1.29, 1.82) is 0 Å². The third-order valence-electron chi connectivity index (χ3n) is 5.58. The molecule has 13 nitrogen and oxygen atoms in total. The van der Waals surface area contributed by atoms with Crippen molar-refractivity contribution in [2.24, 2.45) is 5.73 Å². The van der Waals surface area contributed by atoms with Crippen LogP contribution in [0.25, 0.3) is 22.7 Å². The number of halogens is 3. The predicted molar refractivity (Wildman–Crippen MR) is 145 cm³/mol. The molecule has 4 rings (SSSR count). The van der Waals surface area contributed by atoms with Crippen LogP contribution in [-0.4, -0.2) is 62.7 Å². The zero-order valence-corrected chi connectivity index (χ0v) is 22.9. The van der Waals surface area contributed by atoms with Gasteiger partial charge in [-0.2, -0.15) is 18.3 Å². The number of ether oxygens (including phenoxy) is 1. The number of alkyl halides is 3. The van der Waals surface area contributed by atoms with Gasteiger partial charge in [0.1, 0.15) is 24.2 Å². The highest BCUT2D eigenvalue weighted by atomic mass is 19.4. The number of aromatic nitrogens is 4. The van der Waals surface area contributed by atoms with Crippen molar-refractivity contribution in [3.8, 4) is 22.7 Å². The summed E-state index contributed by atoms with van der Waals surface area (Å²) >= 11 is 0. The van der Waals surface area contributed by atoms with E-state index in [0.717, 1.165) is 18.5 Å². The van der Waals surface area contributed by atoms with E-state index in [9.17, 15) is 32.3 Å². The number of anilines is 2. The fourth-order valence-corrected chi connectivity index (χ4v) is 3.76. The number of aldehydes is 1. The molecular formula is C27H24F3N7O6. The van der Waals surface area contributed by atoms with Gasteiger partial charge < -0.3 is 20.2 Å². The highest BCUT2D eigenvalue weighted by Crippen LogP contribution is 2.29. The van der Waals surface area contributed by atoms with Crippen LogP contribution < -0.4 is 16.0 Å². The zero-order valence-electron chi connectivity index (χ0n) is 22.9. The van der Waals surface area contributed by atoms with Gasteiger partial charge in [-0.3, -0.25) is 24.4 Å². The van der Waals surface area contributed by atoms with Gasteiger partial charge >= 0.3 is 12.3 Å². The van der Waals surface area contributed by atoms with Crippen LogP contribution in [0.1, 0.15) is 52.0 Å². The first-order chi connectivity index (χ1) is 20.1. The van der Waals surface area contributed by atoms with Gasteiger partial charge in [-0.15, -0.1) is 0 Å². The molecule has 43 heavy (non-hydrogen) atoms. The number of nitrogens with zero attached hydrogens (tertiary/aromatic N) is 4. The van der Waals surface area contributed by atoms with Gasteiger partial charge in [0.2, 0.25) is 11.8 Å². The Hall–Kier alpha value is -5.54. The van der Waals surface area contributed by atoms with Crippen LogP contribution in [0.4, 0.5) is 29.5 Å². The van der Waals surface area contributed by atoms with Crippen molar-refractivity contribution in [2.75, 3.05) is 16.8 Å². The summed E-state index contributed by atoms with van der Waals surface area (Å²) in [5.41, 5.74) is 5.15. The third-order valence-corrected chi connectivity index (χ3v) is 5.58. The summed E-state index contributed by atoms with van der Waals surface area (Å²) < 4.78 is 50.4. The highest BCUT2D eigenvalue weighted by molar-refractivity contribution is 6.05. The summed E-state index contributed by atoms with van der Waals surface area (Å²) in [5, 5.41) is 9.19. The Labute approximate surface area is 241 Å². The second kappa shape index (κ2) is 11.8. The molecule has 0 saturated heterocycles. The lowest BCUT2D eigenvalue weighted by molar-refractivity contribution is -0.119. The number of nitrogens with one attached hydrogen (secondary N) is 2. The van der Waals surface area contributed by atoms with Crippen LogP contribution in [0.15, 0.2) is 53.4 Å². The fraction of sp³-hybridized carbons (Fsp3) is 0.222. The van der Waals surface area contributed by atoms with E-state index in [0.29, 0.717) is 22.4 Å². The molecule has 0 bridgehead atoms. The van der Waals surface area contributed by atoms with E-state index < -0.39 is 36.2 Å². The lowest BCUT2D eigenvalue weighted by Gasteiger charge is -2.27. The molecule has 16 heteroatoms. The third kappa shape index (κ3) is 7.41. The maximum absolute atomic E-state index is 13.3. The van der Waals surface area contributed by atoms with E-state index in [1.807, 2.05) is 0 Å². The summed E-state index contributed by atoms with van der Waals surface area (Å²) in [5.74, 6) is -2.09. The fourth-order valence-electron chi connectivity index (χ4n) is 3.76. The molecular weight excluding hydrogens is 575 g/mol. The SMILES string of the molecule is CC(C)(C)OC(=O)N(CC(F)(F)F)c1cc(-c2nc(C(=O)Nc3cn[nH]c3-c3ccc(C=O)c(C(N)=O)c3)co2)ccn1. The van der Waals surface area contributed by atoms with Crippen molar-refractivity contribution in [1.82, 2.24) is 20.2 Å². The Kier molecular flexibility index (Phi) is 8.31. The number of amides is 3. The number of H-pyrrole nitrogens is 1. The number of carbonyl (C=O) groups is 4. The largest absolute Gasteiger partial charge is 0.444 e. The van der Waals surface area contributed by atoms with Gasteiger partial charge in [-0.1, -0.05) is 12.1 Å². The molecule has 3 heterocycles. The highest BCUT2D eigenvalue weighted by Gasteiger charge is 2.36. The van der Waals surface area contributed by atoms with Crippen LogP contribution in [-0.2, 0) is 4.74 Å². The molecule has 224 valence electrons. The monoisotopic (exact) mass is 599 g/mol. The van der Waals surface area contributed by atoms with Crippen LogP contribution in [0, 0.1) is 0 Å². The molecule has 3 amide bonds. The minimum atomic E-state index is -4.76. The van der Waals surface area contributed by atoms with E-state index >= 15 is 0 Å². The first-order valence-corrected chi connectivity index (χ1v) is 12.4. The topological polar surface area (TPSA) is 186 Å². The first kappa shape index (κ1) is 30.4. The van der Waals surface area contributed by atoms with Crippen LogP contribution in [0.2, 0.25) is 0 Å². The Bertz CT molecular complexity index is 1690. The van der Waals surface area contributed by atoms with Gasteiger partial charge in [-0.25, -0.2) is 14.8 Å². The number of aromatic amines is 1. The van der Waals surface area contributed by atoms with E-state index in [4.69, 9.17) is 14.9 Å². The van der Waals surface area contributed by atoms with E-state index in [1.54, 1.807) is 0 Å². The Morgan fingerprint density at radius 1 is 1.14 bits per heavy atom. The normalized spacial score (nSPS) is 11.6. The second-order valence-corrected chi connectivity index (χ2v) is 10.0. The lowest BCUT2D eigenvalue weighted by atomic mass is 10.0. The molecule has 0 unspecified atom stereocenters. The maximum atomic E-state index is 13.3. The molecule has 0 aliphatic rings. The smallest absolute Gasteiger partial charge is 0.416 e. The van der Waals surface area contributed by atoms with E-state index in [-0.39, 0.29) is 39.8 Å². The maximum Gasteiger partial charge on any atom is 0.416 e. The number of hydrogen-bond acceptors (Lipinski definition) is 9. The van der Waals surface area contributed by atoms with Crippen molar-refractivity contribution >= 4 is 35.7 Å². The summed E-state index contributed by atoms with van der Waals surface area (Å²) in [7, 11) is 0. The summed E-state index contributed by atoms with van der Waals surface area (Å²) in [6.45, 7) is 2.86. The molecule has 0 aliphatic heterocycles. The van der Waals surface area contributed by atoms with E-state index in [1.165, 1.54) is 51.2 Å². The Balaban J connectivity index is 1.57. The predicted octanol–water partition coefficient (Wildman–Crippen LogP) is 4.59. The van der Waals surface area contributed by atoms with Crippen molar-refractivity contribution < 1.29 is 41.5 Å². The molecule has 4 N–H and O–H groups in total. The molecule has 0 saturated carbocycles. The molecule has 1 aromatic carbocycles. The standard InChI is InChI=1S/C27H24F3N7O6/c1-26(2,3)43-25(41)37(13-27(28,29)30)20-9-15(6-7-32-20)24-35-19(12-42-24)23(40)34-18-10-33-36-21(18)14-4-5-16(11-38)17(8-14)22(31)39/h4-12H,13H2,1-3H3,(H2,31,39)(H,33,36)(H,34,40). The van der Waals surface area contributed by atoms with Gasteiger partial charge in [-0.05, 0) is 39.0 Å². The van der Waals surface area contributed by atoms with Crippen LogP contribution in [0.5, 0.6) is 0 Å².